The molecule has 2 N–H and O–H groups in total. The molecule has 6 atom stereocenters. The summed E-state index contributed by atoms with van der Waals surface area (Å²) in [6.07, 6.45) is 0.795. The van der Waals surface area contributed by atoms with E-state index in [1.54, 1.807) is 20.8 Å². The van der Waals surface area contributed by atoms with E-state index in [1.807, 2.05) is 13.8 Å². The maximum Gasteiger partial charge on any atom is 0.253 e. The zero-order valence-electron chi connectivity index (χ0n) is 23.0. The molecule has 3 fully saturated rings. The molecule has 0 radical (unpaired) electrons. The Labute approximate surface area is 239 Å². The monoisotopic (exact) mass is 597 g/mol. The average molecular weight is 598 g/mol. The topological polar surface area (TPSA) is 140 Å². The highest BCUT2D eigenvalue weighted by molar-refractivity contribution is 7.91. The number of piperidine rings is 1. The Morgan fingerprint density at radius 1 is 1.36 bits per heavy atom. The van der Waals surface area contributed by atoms with Crippen LogP contribution in [0, 0.1) is 39.9 Å². The Hall–Kier alpha value is -2.20. The van der Waals surface area contributed by atoms with Crippen LogP contribution in [0.15, 0.2) is 16.3 Å². The lowest BCUT2D eigenvalue weighted by atomic mass is 9.85. The molecule has 13 heteroatoms. The first-order chi connectivity index (χ1) is 18.0. The van der Waals surface area contributed by atoms with Crippen molar-refractivity contribution >= 4 is 50.7 Å². The Kier molecular flexibility index (Phi) is 7.88. The number of thiophene rings is 1. The Bertz CT molecular complexity index is 1310. The number of rotatable bonds is 8. The lowest BCUT2D eigenvalue weighted by Gasteiger charge is -2.40. The van der Waals surface area contributed by atoms with Crippen LogP contribution in [0.5, 0.6) is 0 Å². The van der Waals surface area contributed by atoms with Crippen molar-refractivity contribution in [1.29, 1.82) is 5.26 Å². The lowest BCUT2D eigenvalue weighted by Crippen LogP contribution is -2.60. The summed E-state index contributed by atoms with van der Waals surface area (Å²) in [5, 5.41) is 15.3. The van der Waals surface area contributed by atoms with E-state index in [4.69, 9.17) is 11.6 Å². The fraction of sp³-hybridized carbons (Fsp3) is 0.692. The zero-order chi connectivity index (χ0) is 29.1. The van der Waals surface area contributed by atoms with Crippen LogP contribution in [-0.2, 0) is 24.4 Å². The van der Waals surface area contributed by atoms with E-state index in [9.17, 15) is 28.1 Å². The van der Waals surface area contributed by atoms with Crippen molar-refractivity contribution in [2.24, 2.45) is 28.6 Å². The molecule has 3 aliphatic rings. The van der Waals surface area contributed by atoms with Gasteiger partial charge in [0.25, 0.3) is 10.0 Å². The summed E-state index contributed by atoms with van der Waals surface area (Å²) in [5.41, 5.74) is -0.969. The van der Waals surface area contributed by atoms with Gasteiger partial charge < -0.3 is 15.5 Å². The summed E-state index contributed by atoms with van der Waals surface area (Å²) in [4.78, 5) is 41.4. The minimum atomic E-state index is -4.04. The molecule has 1 unspecified atom stereocenters. The van der Waals surface area contributed by atoms with Gasteiger partial charge in [0.1, 0.15) is 22.3 Å². The van der Waals surface area contributed by atoms with Crippen molar-refractivity contribution in [3.8, 4) is 6.07 Å². The van der Waals surface area contributed by atoms with Gasteiger partial charge in [0, 0.05) is 26.1 Å². The third-order valence-electron chi connectivity index (χ3n) is 8.52. The van der Waals surface area contributed by atoms with Crippen LogP contribution >= 0.6 is 22.9 Å². The van der Waals surface area contributed by atoms with Crippen LogP contribution in [0.2, 0.25) is 4.34 Å². The molecule has 0 spiro atoms. The van der Waals surface area contributed by atoms with Gasteiger partial charge in [0.2, 0.25) is 17.7 Å². The van der Waals surface area contributed by atoms with Crippen LogP contribution in [0.25, 0.3) is 0 Å². The van der Waals surface area contributed by atoms with Crippen LogP contribution in [0.1, 0.15) is 47.5 Å². The molecule has 0 bridgehead atoms. The SMILES string of the molecule is CN(C(C(=O)N1C[C@H]2[C@@H]([C@H]1C(=O)N[C@H](C#N)C[C@@H]1CCNC1=O)C2(C)C)C(C)(C)C)S(=O)(=O)c1ccc(Cl)s1. The molecular weight excluding hydrogens is 562 g/mol. The van der Waals surface area contributed by atoms with Crippen molar-refractivity contribution in [2.75, 3.05) is 20.1 Å². The molecule has 0 aromatic carbocycles. The third kappa shape index (κ3) is 5.43. The first-order valence-corrected chi connectivity index (χ1v) is 15.7. The molecule has 1 saturated carbocycles. The van der Waals surface area contributed by atoms with Gasteiger partial charge in [-0.25, -0.2) is 8.42 Å². The van der Waals surface area contributed by atoms with Gasteiger partial charge >= 0.3 is 0 Å². The standard InChI is InChI=1S/C26H36ClN5O5S2/c1-25(2,3)21(31(6)39(36,37)18-8-7-17(27)38-18)24(35)32-13-16-19(26(16,4)5)20(32)23(34)30-15(12-28)11-14-9-10-29-22(14)33/h7-8,14-16,19-21H,9-11,13H2,1-6H3,(H,29,33)(H,30,34)/t14-,15-,16-,19-,20-,21?/m0/s1. The van der Waals surface area contributed by atoms with E-state index in [-0.39, 0.29) is 39.7 Å². The number of carbonyl (C=O) groups is 3. The van der Waals surface area contributed by atoms with Gasteiger partial charge in [0.05, 0.1) is 10.4 Å². The maximum atomic E-state index is 14.2. The highest BCUT2D eigenvalue weighted by Crippen LogP contribution is 2.65. The van der Waals surface area contributed by atoms with Crippen LogP contribution < -0.4 is 10.6 Å². The molecule has 1 aromatic rings. The summed E-state index contributed by atoms with van der Waals surface area (Å²) in [6, 6.07) is 2.19. The minimum Gasteiger partial charge on any atom is -0.356 e. The molecular formula is C26H36ClN5O5S2. The number of nitrogens with zero attached hydrogens (tertiary/aromatic N) is 3. The molecule has 2 aliphatic heterocycles. The molecule has 2 saturated heterocycles. The van der Waals surface area contributed by atoms with E-state index in [0.717, 1.165) is 15.6 Å². The van der Waals surface area contributed by atoms with Gasteiger partial charge in [-0.3, -0.25) is 14.4 Å². The number of halogens is 1. The van der Waals surface area contributed by atoms with Gasteiger partial charge in [-0.1, -0.05) is 46.2 Å². The van der Waals surface area contributed by atoms with Crippen LogP contribution in [-0.4, -0.2) is 73.6 Å². The molecule has 214 valence electrons. The van der Waals surface area contributed by atoms with Crippen molar-refractivity contribution in [3.05, 3.63) is 16.5 Å². The molecule has 4 rings (SSSR count). The van der Waals surface area contributed by atoms with E-state index in [0.29, 0.717) is 23.8 Å². The number of nitriles is 1. The van der Waals surface area contributed by atoms with Gasteiger partial charge in [-0.15, -0.1) is 11.3 Å². The predicted molar refractivity (Wildman–Crippen MR) is 147 cm³/mol. The molecule has 3 amide bonds. The second-order valence-corrected chi connectivity index (χ2v) is 16.4. The smallest absolute Gasteiger partial charge is 0.253 e. The Balaban J connectivity index is 1.60. The molecule has 39 heavy (non-hydrogen) atoms. The molecule has 1 aromatic heterocycles. The highest BCUT2D eigenvalue weighted by atomic mass is 35.5. The summed E-state index contributed by atoms with van der Waals surface area (Å²) >= 11 is 6.91. The summed E-state index contributed by atoms with van der Waals surface area (Å²) in [5.74, 6) is -1.42. The summed E-state index contributed by atoms with van der Waals surface area (Å²) < 4.78 is 28.4. The zero-order valence-corrected chi connectivity index (χ0v) is 25.4. The number of hydrogen-bond donors (Lipinski definition) is 2. The lowest BCUT2D eigenvalue weighted by molar-refractivity contribution is -0.145. The maximum absolute atomic E-state index is 14.2. The largest absolute Gasteiger partial charge is 0.356 e. The molecule has 10 nitrogen and oxygen atoms in total. The van der Waals surface area contributed by atoms with Crippen LogP contribution in [0.3, 0.4) is 0 Å². The number of nitrogens with one attached hydrogen (secondary N) is 2. The minimum absolute atomic E-state index is 0.0320. The van der Waals surface area contributed by atoms with Crippen molar-refractivity contribution in [1.82, 2.24) is 19.8 Å². The van der Waals surface area contributed by atoms with Gasteiger partial charge in [-0.2, -0.15) is 9.57 Å². The number of likely N-dealkylation sites (tertiary alicyclic amines) is 1. The summed E-state index contributed by atoms with van der Waals surface area (Å²) in [7, 11) is -2.66. The number of fused-ring (bicyclic) bond motifs is 1. The Morgan fingerprint density at radius 3 is 2.54 bits per heavy atom. The van der Waals surface area contributed by atoms with Crippen molar-refractivity contribution in [3.63, 3.8) is 0 Å². The number of hydrogen-bond acceptors (Lipinski definition) is 7. The molecule has 1 aliphatic carbocycles. The normalized spacial score (nSPS) is 27.5. The second kappa shape index (κ2) is 10.3. The number of amides is 3. The average Bonchev–Trinajstić information content (AvgIpc) is 3.35. The quantitative estimate of drug-likeness (QED) is 0.472. The van der Waals surface area contributed by atoms with Gasteiger partial charge in [0.15, 0.2) is 0 Å². The van der Waals surface area contributed by atoms with E-state index < -0.39 is 45.4 Å². The van der Waals surface area contributed by atoms with Crippen molar-refractivity contribution < 1.29 is 22.8 Å². The molecule has 3 heterocycles. The van der Waals surface area contributed by atoms with Gasteiger partial charge in [-0.05, 0) is 47.6 Å². The van der Waals surface area contributed by atoms with E-state index >= 15 is 0 Å². The summed E-state index contributed by atoms with van der Waals surface area (Å²) in [6.45, 7) is 10.3. The fourth-order valence-corrected chi connectivity index (χ4v) is 9.48. The number of carbonyl (C=O) groups excluding carboxylic acids is 3. The highest BCUT2D eigenvalue weighted by Gasteiger charge is 2.70. The number of likely N-dealkylation sites (N-methyl/N-ethyl adjacent to an activating group) is 1. The first kappa shape index (κ1) is 29.8. The fourth-order valence-electron chi connectivity index (χ4n) is 6.31. The second-order valence-electron chi connectivity index (χ2n) is 12.4. The van der Waals surface area contributed by atoms with Crippen molar-refractivity contribution in [2.45, 2.75) is 69.8 Å². The third-order valence-corrected chi connectivity index (χ3v) is 12.0. The Morgan fingerprint density at radius 2 is 2.03 bits per heavy atom. The van der Waals surface area contributed by atoms with E-state index in [1.165, 1.54) is 24.1 Å². The number of sulfonamides is 1. The predicted octanol–water partition coefficient (Wildman–Crippen LogP) is 2.45. The van der Waals surface area contributed by atoms with Crippen LogP contribution in [0.4, 0.5) is 0 Å². The first-order valence-electron chi connectivity index (χ1n) is 13.0. The van der Waals surface area contributed by atoms with E-state index in [2.05, 4.69) is 16.7 Å².